The van der Waals surface area contributed by atoms with Gasteiger partial charge in [0.25, 0.3) is 10.0 Å². The molecular weight excluding hydrogens is 408 g/mol. The molecule has 0 saturated heterocycles. The van der Waals surface area contributed by atoms with Gasteiger partial charge >= 0.3 is 0 Å². The summed E-state index contributed by atoms with van der Waals surface area (Å²) >= 11 is 0. The fourth-order valence-electron chi connectivity index (χ4n) is 3.54. The largest absolute Gasteiger partial charge is 0.328 e. The Morgan fingerprint density at radius 2 is 1.77 bits per heavy atom. The minimum absolute atomic E-state index is 0.216. The van der Waals surface area contributed by atoms with Gasteiger partial charge in [0.1, 0.15) is 5.82 Å². The number of nitrogens with one attached hydrogen (secondary N) is 1. The number of aromatic nitrogens is 2. The highest BCUT2D eigenvalue weighted by Crippen LogP contribution is 2.24. The van der Waals surface area contributed by atoms with Gasteiger partial charge in [-0.15, -0.1) is 0 Å². The number of imidazole rings is 1. The third-order valence-electron chi connectivity index (χ3n) is 5.03. The van der Waals surface area contributed by atoms with E-state index in [1.165, 1.54) is 0 Å². The van der Waals surface area contributed by atoms with E-state index in [0.717, 1.165) is 35.4 Å². The first-order valence-electron chi connectivity index (χ1n) is 10.1. The molecule has 1 N–H and O–H groups in total. The highest BCUT2D eigenvalue weighted by molar-refractivity contribution is 7.92. The van der Waals surface area contributed by atoms with Crippen LogP contribution in [0.1, 0.15) is 30.3 Å². The summed E-state index contributed by atoms with van der Waals surface area (Å²) < 4.78 is 30.1. The normalized spacial score (nSPS) is 11.4. The van der Waals surface area contributed by atoms with Crippen LogP contribution in [-0.4, -0.2) is 18.0 Å². The molecule has 4 aromatic rings. The maximum Gasteiger partial charge on any atom is 0.261 e. The lowest BCUT2D eigenvalue weighted by molar-refractivity contribution is 0.601. The van der Waals surface area contributed by atoms with Gasteiger partial charge in [-0.05, 0) is 54.4 Å². The second-order valence-electron chi connectivity index (χ2n) is 7.29. The Morgan fingerprint density at radius 3 is 2.45 bits per heavy atom. The Morgan fingerprint density at radius 1 is 1.03 bits per heavy atom. The van der Waals surface area contributed by atoms with Crippen molar-refractivity contribution in [2.45, 2.75) is 31.2 Å². The highest BCUT2D eigenvalue weighted by atomic mass is 32.2. The highest BCUT2D eigenvalue weighted by Gasteiger charge is 2.16. The third-order valence-corrected chi connectivity index (χ3v) is 6.42. The van der Waals surface area contributed by atoms with E-state index in [4.69, 9.17) is 10.2 Å². The maximum absolute atomic E-state index is 12.6. The van der Waals surface area contributed by atoms with Gasteiger partial charge in [-0.3, -0.25) is 4.72 Å². The molecule has 0 saturated carbocycles. The van der Waals surface area contributed by atoms with Gasteiger partial charge in [0.2, 0.25) is 0 Å². The van der Waals surface area contributed by atoms with Crippen molar-refractivity contribution in [1.29, 1.82) is 5.26 Å². The molecule has 0 aliphatic heterocycles. The fourth-order valence-corrected chi connectivity index (χ4v) is 4.62. The average Bonchev–Trinajstić information content (AvgIpc) is 3.11. The summed E-state index contributed by atoms with van der Waals surface area (Å²) in [6.45, 7) is 2.93. The van der Waals surface area contributed by atoms with Crippen LogP contribution in [0.3, 0.4) is 0 Å². The summed E-state index contributed by atoms with van der Waals surface area (Å²) in [5.74, 6) is 0.907. The first kappa shape index (κ1) is 20.6. The van der Waals surface area contributed by atoms with E-state index < -0.39 is 10.0 Å². The van der Waals surface area contributed by atoms with Crippen molar-refractivity contribution in [3.8, 4) is 6.07 Å². The number of anilines is 1. The van der Waals surface area contributed by atoms with E-state index in [1.54, 1.807) is 54.6 Å². The number of fused-ring (bicyclic) bond motifs is 1. The first-order chi connectivity index (χ1) is 15.0. The van der Waals surface area contributed by atoms with Crippen molar-refractivity contribution in [2.24, 2.45) is 0 Å². The first-order valence-corrected chi connectivity index (χ1v) is 11.5. The smallest absolute Gasteiger partial charge is 0.261 e. The fraction of sp³-hybridized carbons (Fsp3) is 0.167. The molecule has 3 aromatic carbocycles. The zero-order chi connectivity index (χ0) is 21.8. The summed E-state index contributed by atoms with van der Waals surface area (Å²) in [5, 5.41) is 8.99. The molecule has 0 atom stereocenters. The summed E-state index contributed by atoms with van der Waals surface area (Å²) in [6, 6.07) is 23.3. The van der Waals surface area contributed by atoms with Crippen LogP contribution >= 0.6 is 0 Å². The van der Waals surface area contributed by atoms with E-state index in [9.17, 15) is 8.42 Å². The Bertz CT molecular complexity index is 1350. The Balaban J connectivity index is 1.67. The van der Waals surface area contributed by atoms with Crippen molar-refractivity contribution in [3.63, 3.8) is 0 Å². The lowest BCUT2D eigenvalue weighted by atomic mass is 10.1. The second kappa shape index (κ2) is 8.62. The van der Waals surface area contributed by atoms with Crippen LogP contribution in [0.4, 0.5) is 5.69 Å². The maximum atomic E-state index is 12.6. The molecule has 4 rings (SSSR count). The van der Waals surface area contributed by atoms with Crippen molar-refractivity contribution in [2.75, 3.05) is 4.72 Å². The molecule has 156 valence electrons. The van der Waals surface area contributed by atoms with Crippen LogP contribution in [0, 0.1) is 11.3 Å². The van der Waals surface area contributed by atoms with Gasteiger partial charge < -0.3 is 4.57 Å². The van der Waals surface area contributed by atoms with Crippen molar-refractivity contribution < 1.29 is 8.42 Å². The molecule has 31 heavy (non-hydrogen) atoms. The Hall–Kier alpha value is -3.63. The predicted octanol–water partition coefficient (Wildman–Crippen LogP) is 4.71. The summed E-state index contributed by atoms with van der Waals surface area (Å²) in [5.41, 5.74) is 3.87. The minimum Gasteiger partial charge on any atom is -0.328 e. The zero-order valence-electron chi connectivity index (χ0n) is 17.1. The molecule has 0 aliphatic rings. The SMILES string of the molecule is CCCn1c(Cc2ccc(C#N)cc2)nc2cc(NS(=O)(=O)c3ccccc3)ccc21. The molecule has 1 heterocycles. The second-order valence-corrected chi connectivity index (χ2v) is 8.97. The van der Waals surface area contributed by atoms with E-state index in [1.807, 2.05) is 18.2 Å². The van der Waals surface area contributed by atoms with Crippen LogP contribution in [0.2, 0.25) is 0 Å². The van der Waals surface area contributed by atoms with E-state index in [2.05, 4.69) is 22.3 Å². The summed E-state index contributed by atoms with van der Waals surface area (Å²) in [7, 11) is -3.66. The lowest BCUT2D eigenvalue weighted by Gasteiger charge is -2.09. The number of sulfonamides is 1. The van der Waals surface area contributed by atoms with E-state index >= 15 is 0 Å². The molecule has 0 aliphatic carbocycles. The Labute approximate surface area is 181 Å². The molecule has 7 heteroatoms. The van der Waals surface area contributed by atoms with Gasteiger partial charge in [-0.2, -0.15) is 5.26 Å². The molecule has 0 amide bonds. The molecule has 0 fully saturated rings. The van der Waals surface area contributed by atoms with Crippen LogP contribution < -0.4 is 4.72 Å². The van der Waals surface area contributed by atoms with Crippen LogP contribution in [0.25, 0.3) is 11.0 Å². The summed E-state index contributed by atoms with van der Waals surface area (Å²) in [4.78, 5) is 5.01. The lowest BCUT2D eigenvalue weighted by Crippen LogP contribution is -2.12. The van der Waals surface area contributed by atoms with Gasteiger partial charge in [-0.1, -0.05) is 37.3 Å². The van der Waals surface area contributed by atoms with Gasteiger partial charge in [0, 0.05) is 13.0 Å². The number of rotatable bonds is 7. The molecule has 0 unspecified atom stereocenters. The molecule has 1 aromatic heterocycles. The summed E-state index contributed by atoms with van der Waals surface area (Å²) in [6.07, 6.45) is 1.58. The number of hydrogen-bond donors (Lipinski definition) is 1. The van der Waals surface area contributed by atoms with Crippen LogP contribution in [-0.2, 0) is 23.0 Å². The molecule has 0 bridgehead atoms. The van der Waals surface area contributed by atoms with Crippen molar-refractivity contribution in [1.82, 2.24) is 9.55 Å². The zero-order valence-corrected chi connectivity index (χ0v) is 17.9. The van der Waals surface area contributed by atoms with Crippen LogP contribution in [0.15, 0.2) is 77.7 Å². The number of nitrogens with zero attached hydrogens (tertiary/aromatic N) is 3. The average molecular weight is 431 g/mol. The van der Waals surface area contributed by atoms with Gasteiger partial charge in [0.05, 0.1) is 33.2 Å². The van der Waals surface area contributed by atoms with Gasteiger partial charge in [0.15, 0.2) is 0 Å². The monoisotopic (exact) mass is 430 g/mol. The van der Waals surface area contributed by atoms with Crippen molar-refractivity contribution in [3.05, 3.63) is 89.7 Å². The van der Waals surface area contributed by atoms with E-state index in [0.29, 0.717) is 17.7 Å². The minimum atomic E-state index is -3.66. The number of hydrogen-bond acceptors (Lipinski definition) is 4. The van der Waals surface area contributed by atoms with Crippen molar-refractivity contribution >= 4 is 26.7 Å². The molecule has 0 spiro atoms. The number of nitriles is 1. The molecule has 6 nitrogen and oxygen atoms in total. The number of aryl methyl sites for hydroxylation is 1. The van der Waals surface area contributed by atoms with Gasteiger partial charge in [-0.25, -0.2) is 13.4 Å². The number of benzene rings is 3. The van der Waals surface area contributed by atoms with E-state index in [-0.39, 0.29) is 4.90 Å². The third kappa shape index (κ3) is 4.44. The molecule has 0 radical (unpaired) electrons. The predicted molar refractivity (Wildman–Crippen MR) is 121 cm³/mol. The quantitative estimate of drug-likeness (QED) is 0.460. The van der Waals surface area contributed by atoms with Crippen LogP contribution in [0.5, 0.6) is 0 Å². The Kier molecular flexibility index (Phi) is 5.74. The standard InChI is InChI=1S/C24H22N4O2S/c1-2-14-28-23-13-12-20(27-31(29,30)21-6-4-3-5-7-21)16-22(23)26-24(28)15-18-8-10-19(17-25)11-9-18/h3-13,16,27H,2,14-15H2,1H3. The molecular formula is C24H22N4O2S. The topological polar surface area (TPSA) is 87.8 Å².